The van der Waals surface area contributed by atoms with Crippen LogP contribution < -0.4 is 10.6 Å². The van der Waals surface area contributed by atoms with Crippen LogP contribution in [0, 0.1) is 10.9 Å². The third-order valence-corrected chi connectivity index (χ3v) is 4.75. The van der Waals surface area contributed by atoms with Gasteiger partial charge in [0, 0.05) is 17.8 Å². The molecule has 2 aromatic rings. The van der Waals surface area contributed by atoms with Crippen molar-refractivity contribution in [3.05, 3.63) is 48.7 Å². The SMILES string of the molecule is Cc1ccc2c(c1)=CC(=Cc1sc(=S)n(C)c1O)C(=O)N=2. The van der Waals surface area contributed by atoms with Crippen molar-refractivity contribution < 1.29 is 9.90 Å². The molecule has 0 bridgehead atoms. The highest BCUT2D eigenvalue weighted by molar-refractivity contribution is 7.73. The Morgan fingerprint density at radius 3 is 2.86 bits per heavy atom. The predicted octanol–water partition coefficient (Wildman–Crippen LogP) is 1.85. The number of thiazole rings is 1. The summed E-state index contributed by atoms with van der Waals surface area (Å²) < 4.78 is 2.06. The number of amides is 1. The van der Waals surface area contributed by atoms with Crippen LogP contribution >= 0.6 is 23.6 Å². The van der Waals surface area contributed by atoms with E-state index in [1.54, 1.807) is 19.2 Å². The van der Waals surface area contributed by atoms with Gasteiger partial charge in [-0.15, -0.1) is 11.3 Å². The van der Waals surface area contributed by atoms with Gasteiger partial charge >= 0.3 is 0 Å². The van der Waals surface area contributed by atoms with E-state index in [0.717, 1.165) is 10.8 Å². The summed E-state index contributed by atoms with van der Waals surface area (Å²) in [5.41, 5.74) is 1.55. The molecule has 0 atom stereocenters. The zero-order chi connectivity index (χ0) is 15.1. The molecular formula is C15H12N2O2S2. The van der Waals surface area contributed by atoms with Crippen molar-refractivity contribution in [3.63, 3.8) is 0 Å². The molecule has 0 fully saturated rings. The van der Waals surface area contributed by atoms with Crippen molar-refractivity contribution in [2.75, 3.05) is 0 Å². The van der Waals surface area contributed by atoms with E-state index >= 15 is 0 Å². The Kier molecular flexibility index (Phi) is 3.35. The maximum atomic E-state index is 12.1. The smallest absolute Gasteiger partial charge is 0.277 e. The van der Waals surface area contributed by atoms with Crippen LogP contribution in [0.5, 0.6) is 5.88 Å². The highest BCUT2D eigenvalue weighted by Gasteiger charge is 2.13. The number of hydrogen-bond donors (Lipinski definition) is 1. The van der Waals surface area contributed by atoms with E-state index in [0.29, 0.717) is 19.8 Å². The average molecular weight is 316 g/mol. The molecule has 1 aliphatic rings. The minimum atomic E-state index is -0.312. The predicted molar refractivity (Wildman–Crippen MR) is 85.2 cm³/mol. The molecule has 1 amide bonds. The lowest BCUT2D eigenvalue weighted by Gasteiger charge is -2.03. The van der Waals surface area contributed by atoms with Crippen LogP contribution in [0.2, 0.25) is 0 Å². The lowest BCUT2D eigenvalue weighted by Crippen LogP contribution is -2.30. The molecule has 0 radical (unpaired) electrons. The summed E-state index contributed by atoms with van der Waals surface area (Å²) >= 11 is 6.37. The fraction of sp³-hybridized carbons (Fsp3) is 0.133. The molecule has 0 unspecified atom stereocenters. The number of rotatable bonds is 1. The Labute approximate surface area is 130 Å². The van der Waals surface area contributed by atoms with E-state index in [-0.39, 0.29) is 11.8 Å². The number of carbonyl (C=O) groups is 1. The van der Waals surface area contributed by atoms with E-state index in [4.69, 9.17) is 12.2 Å². The zero-order valence-corrected chi connectivity index (χ0v) is 13.1. The standard InChI is InChI=1S/C15H12N2O2S2/c1-8-3-4-11-9(5-8)6-10(13(18)16-11)7-12-14(19)17(2)15(20)21-12/h3-7,19H,1-2H3. The molecule has 1 aromatic carbocycles. The van der Waals surface area contributed by atoms with Gasteiger partial charge in [0.2, 0.25) is 5.88 Å². The van der Waals surface area contributed by atoms with Gasteiger partial charge in [0.05, 0.1) is 10.2 Å². The summed E-state index contributed by atoms with van der Waals surface area (Å²) in [4.78, 5) is 16.7. The molecule has 0 saturated carbocycles. The fourth-order valence-electron chi connectivity index (χ4n) is 2.09. The van der Waals surface area contributed by atoms with E-state index in [1.807, 2.05) is 25.1 Å². The van der Waals surface area contributed by atoms with Gasteiger partial charge in [-0.3, -0.25) is 9.36 Å². The molecule has 1 aromatic heterocycles. The van der Waals surface area contributed by atoms with Gasteiger partial charge in [0.1, 0.15) is 0 Å². The van der Waals surface area contributed by atoms with Gasteiger partial charge < -0.3 is 5.11 Å². The van der Waals surface area contributed by atoms with Crippen LogP contribution in [-0.4, -0.2) is 15.6 Å². The van der Waals surface area contributed by atoms with E-state index < -0.39 is 0 Å². The normalized spacial score (nSPS) is 15.5. The summed E-state index contributed by atoms with van der Waals surface area (Å²) in [7, 11) is 1.69. The van der Waals surface area contributed by atoms with Gasteiger partial charge in [-0.05, 0) is 43.4 Å². The van der Waals surface area contributed by atoms with E-state index in [1.165, 1.54) is 15.9 Å². The van der Waals surface area contributed by atoms with Gasteiger partial charge in [0.15, 0.2) is 3.95 Å². The number of aromatic nitrogens is 1. The number of aryl methyl sites for hydroxylation is 1. The Bertz CT molecular complexity index is 965. The first-order valence-corrected chi connectivity index (χ1v) is 7.50. The van der Waals surface area contributed by atoms with Gasteiger partial charge in [0.25, 0.3) is 5.91 Å². The third kappa shape index (κ3) is 2.48. The maximum Gasteiger partial charge on any atom is 0.277 e. The lowest BCUT2D eigenvalue weighted by molar-refractivity contribution is -0.114. The fourth-order valence-corrected chi connectivity index (χ4v) is 3.27. The Morgan fingerprint density at radius 2 is 2.19 bits per heavy atom. The molecule has 2 heterocycles. The Balaban J connectivity index is 2.19. The quantitative estimate of drug-likeness (QED) is 0.645. The first kappa shape index (κ1) is 13.9. The average Bonchev–Trinajstić information content (AvgIpc) is 2.68. The van der Waals surface area contributed by atoms with Crippen LogP contribution in [0.4, 0.5) is 0 Å². The van der Waals surface area contributed by atoms with Crippen molar-refractivity contribution >= 4 is 41.6 Å². The Hall–Kier alpha value is -2.05. The number of fused-ring (bicyclic) bond motifs is 1. The first-order chi connectivity index (χ1) is 9.95. The Morgan fingerprint density at radius 1 is 1.43 bits per heavy atom. The van der Waals surface area contributed by atoms with Gasteiger partial charge in [-0.25, -0.2) is 4.99 Å². The van der Waals surface area contributed by atoms with Crippen LogP contribution in [0.15, 0.2) is 28.8 Å². The summed E-state index contributed by atoms with van der Waals surface area (Å²) in [5, 5.41) is 11.6. The minimum absolute atomic E-state index is 0.0636. The van der Waals surface area contributed by atoms with Crippen molar-refractivity contribution in [2.24, 2.45) is 12.0 Å². The minimum Gasteiger partial charge on any atom is -0.493 e. The first-order valence-electron chi connectivity index (χ1n) is 6.27. The topological polar surface area (TPSA) is 54.6 Å². The summed E-state index contributed by atoms with van der Waals surface area (Å²) in [6, 6.07) is 5.73. The second-order valence-electron chi connectivity index (χ2n) is 4.84. The van der Waals surface area contributed by atoms with Crippen molar-refractivity contribution in [1.82, 2.24) is 4.57 Å². The number of benzene rings is 1. The highest BCUT2D eigenvalue weighted by atomic mass is 32.1. The molecule has 1 aliphatic heterocycles. The molecule has 3 rings (SSSR count). The summed E-state index contributed by atoms with van der Waals surface area (Å²) in [6.45, 7) is 1.99. The van der Waals surface area contributed by atoms with Crippen molar-refractivity contribution in [3.8, 4) is 5.88 Å². The maximum absolute atomic E-state index is 12.1. The molecule has 106 valence electrons. The summed E-state index contributed by atoms with van der Waals surface area (Å²) in [5.74, 6) is -0.249. The largest absolute Gasteiger partial charge is 0.493 e. The van der Waals surface area contributed by atoms with Gasteiger partial charge in [-0.1, -0.05) is 11.6 Å². The third-order valence-electron chi connectivity index (χ3n) is 3.26. The number of hydrogen-bond acceptors (Lipinski definition) is 4. The second kappa shape index (κ2) is 5.05. The van der Waals surface area contributed by atoms with E-state index in [2.05, 4.69) is 4.99 Å². The van der Waals surface area contributed by atoms with Crippen LogP contribution in [0.25, 0.3) is 12.2 Å². The number of aromatic hydroxyl groups is 1. The van der Waals surface area contributed by atoms with Crippen LogP contribution in [0.3, 0.4) is 0 Å². The van der Waals surface area contributed by atoms with Crippen molar-refractivity contribution in [2.45, 2.75) is 6.92 Å². The number of carbonyl (C=O) groups excluding carboxylic acids is 1. The molecular weight excluding hydrogens is 304 g/mol. The van der Waals surface area contributed by atoms with Gasteiger partial charge in [-0.2, -0.15) is 0 Å². The molecule has 0 aliphatic carbocycles. The highest BCUT2D eigenvalue weighted by Crippen LogP contribution is 2.27. The molecule has 21 heavy (non-hydrogen) atoms. The number of nitrogens with zero attached hydrogens (tertiary/aromatic N) is 2. The van der Waals surface area contributed by atoms with Crippen LogP contribution in [-0.2, 0) is 11.8 Å². The van der Waals surface area contributed by atoms with Crippen molar-refractivity contribution in [1.29, 1.82) is 0 Å². The monoisotopic (exact) mass is 316 g/mol. The molecule has 0 saturated heterocycles. The second-order valence-corrected chi connectivity index (χ2v) is 6.51. The van der Waals surface area contributed by atoms with E-state index in [9.17, 15) is 9.90 Å². The van der Waals surface area contributed by atoms with Crippen LogP contribution in [0.1, 0.15) is 10.4 Å². The molecule has 0 spiro atoms. The molecule has 1 N–H and O–H groups in total. The lowest BCUT2D eigenvalue weighted by atomic mass is 10.1. The summed E-state index contributed by atoms with van der Waals surface area (Å²) in [6.07, 6.45) is 3.42. The molecule has 6 heteroatoms. The zero-order valence-electron chi connectivity index (χ0n) is 11.5. The molecule has 4 nitrogen and oxygen atoms in total.